The predicted octanol–water partition coefficient (Wildman–Crippen LogP) is 1.56. The molecule has 2 atom stereocenters. The zero-order valence-corrected chi connectivity index (χ0v) is 13.4. The van der Waals surface area contributed by atoms with Crippen molar-refractivity contribution in [2.45, 2.75) is 43.8 Å². The summed E-state index contributed by atoms with van der Waals surface area (Å²) in [6.07, 6.45) is 4.49. The van der Waals surface area contributed by atoms with Crippen molar-refractivity contribution in [2.24, 2.45) is 5.73 Å². The molecule has 2 aliphatic heterocycles. The van der Waals surface area contributed by atoms with E-state index in [1.165, 1.54) is 12.8 Å². The van der Waals surface area contributed by atoms with E-state index in [1.807, 2.05) is 11.9 Å². The molecule has 0 saturated carbocycles. The summed E-state index contributed by atoms with van der Waals surface area (Å²) in [7, 11) is 1.87. The van der Waals surface area contributed by atoms with Crippen LogP contribution in [0, 0.1) is 0 Å². The number of piperidine rings is 1. The Bertz CT molecular complexity index is 549. The fourth-order valence-electron chi connectivity index (χ4n) is 3.49. The fraction of sp³-hybridized carbons (Fsp3) is 0.500. The molecule has 2 bridgehead atoms. The lowest BCUT2D eigenvalue weighted by Gasteiger charge is -2.35. The van der Waals surface area contributed by atoms with Gasteiger partial charge in [-0.15, -0.1) is 12.4 Å². The van der Waals surface area contributed by atoms with Crippen molar-refractivity contribution in [3.05, 3.63) is 35.4 Å². The normalized spacial score (nSPS) is 26.1. The largest absolute Gasteiger partial charge is 0.366 e. The van der Waals surface area contributed by atoms with E-state index in [1.54, 1.807) is 24.3 Å². The van der Waals surface area contributed by atoms with Crippen molar-refractivity contribution in [1.82, 2.24) is 10.2 Å². The zero-order valence-electron chi connectivity index (χ0n) is 12.6. The number of nitrogens with zero attached hydrogens (tertiary/aromatic N) is 1. The average Bonchev–Trinajstić information content (AvgIpc) is 2.84. The lowest BCUT2D eigenvalue weighted by atomic mass is 9.98. The minimum absolute atomic E-state index is 0. The van der Waals surface area contributed by atoms with Crippen LogP contribution in [0.15, 0.2) is 24.3 Å². The molecule has 2 unspecified atom stereocenters. The van der Waals surface area contributed by atoms with Gasteiger partial charge in [0.2, 0.25) is 5.91 Å². The Labute approximate surface area is 136 Å². The van der Waals surface area contributed by atoms with Crippen LogP contribution in [0.4, 0.5) is 0 Å². The number of rotatable bonds is 3. The highest BCUT2D eigenvalue weighted by molar-refractivity contribution is 5.97. The van der Waals surface area contributed by atoms with Crippen molar-refractivity contribution in [3.8, 4) is 0 Å². The van der Waals surface area contributed by atoms with Gasteiger partial charge in [0, 0.05) is 36.3 Å². The van der Waals surface area contributed by atoms with Crippen molar-refractivity contribution < 1.29 is 9.59 Å². The van der Waals surface area contributed by atoms with Crippen LogP contribution in [-0.2, 0) is 0 Å². The summed E-state index contributed by atoms with van der Waals surface area (Å²) in [4.78, 5) is 25.5. The molecule has 2 aliphatic rings. The van der Waals surface area contributed by atoms with Gasteiger partial charge in [-0.3, -0.25) is 9.59 Å². The first-order valence-electron chi connectivity index (χ1n) is 7.47. The molecular weight excluding hydrogens is 302 g/mol. The van der Waals surface area contributed by atoms with E-state index >= 15 is 0 Å². The first-order chi connectivity index (χ1) is 10.0. The summed E-state index contributed by atoms with van der Waals surface area (Å²) in [5.74, 6) is -0.463. The maximum Gasteiger partial charge on any atom is 0.253 e. The smallest absolute Gasteiger partial charge is 0.253 e. The SMILES string of the molecule is CN(C(=O)c1ccc(C(N)=O)cc1)C1CC2CCC(C1)N2.Cl. The molecule has 2 saturated heterocycles. The Morgan fingerprint density at radius 1 is 1.09 bits per heavy atom. The average molecular weight is 324 g/mol. The Kier molecular flexibility index (Phi) is 5.08. The van der Waals surface area contributed by atoms with Crippen molar-refractivity contribution in [2.75, 3.05) is 7.05 Å². The van der Waals surface area contributed by atoms with E-state index in [4.69, 9.17) is 5.73 Å². The first kappa shape index (κ1) is 16.8. The molecule has 22 heavy (non-hydrogen) atoms. The van der Waals surface area contributed by atoms with E-state index in [0.29, 0.717) is 29.3 Å². The lowest BCUT2D eigenvalue weighted by molar-refractivity contribution is 0.0681. The van der Waals surface area contributed by atoms with Gasteiger partial charge in [-0.25, -0.2) is 0 Å². The number of fused-ring (bicyclic) bond motifs is 2. The Balaban J connectivity index is 0.00000176. The van der Waals surface area contributed by atoms with Crippen LogP contribution in [0.3, 0.4) is 0 Å². The van der Waals surface area contributed by atoms with E-state index in [0.717, 1.165) is 12.8 Å². The number of halogens is 1. The quantitative estimate of drug-likeness (QED) is 0.886. The van der Waals surface area contributed by atoms with Gasteiger partial charge in [-0.05, 0) is 49.9 Å². The molecule has 5 nitrogen and oxygen atoms in total. The number of benzene rings is 1. The van der Waals surface area contributed by atoms with Crippen LogP contribution in [0.5, 0.6) is 0 Å². The number of hydrogen-bond donors (Lipinski definition) is 2. The molecule has 120 valence electrons. The summed E-state index contributed by atoms with van der Waals surface area (Å²) in [6, 6.07) is 7.98. The van der Waals surface area contributed by atoms with Crippen LogP contribution in [0.2, 0.25) is 0 Å². The number of carbonyl (C=O) groups excluding carboxylic acids is 2. The second kappa shape index (κ2) is 6.67. The van der Waals surface area contributed by atoms with E-state index < -0.39 is 5.91 Å². The topological polar surface area (TPSA) is 75.4 Å². The number of nitrogens with one attached hydrogen (secondary N) is 1. The summed E-state index contributed by atoms with van der Waals surface area (Å²) in [5, 5.41) is 3.58. The highest BCUT2D eigenvalue weighted by atomic mass is 35.5. The lowest BCUT2D eigenvalue weighted by Crippen LogP contribution is -2.48. The third kappa shape index (κ3) is 3.25. The van der Waals surface area contributed by atoms with Gasteiger partial charge in [0.05, 0.1) is 0 Å². The minimum atomic E-state index is -0.475. The number of hydrogen-bond acceptors (Lipinski definition) is 3. The summed E-state index contributed by atoms with van der Waals surface area (Å²) in [5.41, 5.74) is 6.24. The molecule has 2 fully saturated rings. The predicted molar refractivity (Wildman–Crippen MR) is 87.3 cm³/mol. The van der Waals surface area contributed by atoms with Gasteiger partial charge in [0.1, 0.15) is 0 Å². The number of carbonyl (C=O) groups is 2. The van der Waals surface area contributed by atoms with Crippen LogP contribution < -0.4 is 11.1 Å². The van der Waals surface area contributed by atoms with Gasteiger partial charge in [0.25, 0.3) is 5.91 Å². The minimum Gasteiger partial charge on any atom is -0.366 e. The third-order valence-electron chi connectivity index (χ3n) is 4.73. The molecular formula is C16H22ClN3O2. The third-order valence-corrected chi connectivity index (χ3v) is 4.73. The van der Waals surface area contributed by atoms with Crippen molar-refractivity contribution >= 4 is 24.2 Å². The van der Waals surface area contributed by atoms with Crippen LogP contribution in [-0.4, -0.2) is 41.9 Å². The van der Waals surface area contributed by atoms with Gasteiger partial charge in [-0.2, -0.15) is 0 Å². The van der Waals surface area contributed by atoms with Gasteiger partial charge in [-0.1, -0.05) is 0 Å². The Morgan fingerprint density at radius 3 is 2.09 bits per heavy atom. The molecule has 3 rings (SSSR count). The zero-order chi connectivity index (χ0) is 15.0. The molecule has 0 aromatic heterocycles. The maximum absolute atomic E-state index is 12.5. The monoisotopic (exact) mass is 323 g/mol. The Morgan fingerprint density at radius 2 is 1.59 bits per heavy atom. The number of primary amides is 1. The van der Waals surface area contributed by atoms with Crippen LogP contribution in [0.25, 0.3) is 0 Å². The van der Waals surface area contributed by atoms with E-state index in [-0.39, 0.29) is 18.3 Å². The van der Waals surface area contributed by atoms with Gasteiger partial charge >= 0.3 is 0 Å². The highest BCUT2D eigenvalue weighted by Crippen LogP contribution is 2.29. The second-order valence-electron chi connectivity index (χ2n) is 6.12. The molecule has 3 N–H and O–H groups in total. The van der Waals surface area contributed by atoms with Crippen LogP contribution in [0.1, 0.15) is 46.4 Å². The summed E-state index contributed by atoms with van der Waals surface area (Å²) >= 11 is 0. The molecule has 2 heterocycles. The molecule has 1 aromatic carbocycles. The molecule has 1 aromatic rings. The van der Waals surface area contributed by atoms with Crippen molar-refractivity contribution in [3.63, 3.8) is 0 Å². The van der Waals surface area contributed by atoms with Gasteiger partial charge in [0.15, 0.2) is 0 Å². The summed E-state index contributed by atoms with van der Waals surface area (Å²) < 4.78 is 0. The fourth-order valence-corrected chi connectivity index (χ4v) is 3.49. The second-order valence-corrected chi connectivity index (χ2v) is 6.12. The van der Waals surface area contributed by atoms with E-state index in [9.17, 15) is 9.59 Å². The number of nitrogens with two attached hydrogens (primary N) is 1. The molecule has 2 amide bonds. The number of amides is 2. The standard InChI is InChI=1S/C16H21N3O2.ClH/c1-19(14-8-12-6-7-13(9-14)18-12)16(21)11-4-2-10(3-5-11)15(17)20;/h2-5,12-14,18H,6-9H2,1H3,(H2,17,20);1H. The first-order valence-corrected chi connectivity index (χ1v) is 7.47. The van der Waals surface area contributed by atoms with Gasteiger partial charge < -0.3 is 16.0 Å². The highest BCUT2D eigenvalue weighted by Gasteiger charge is 2.36. The van der Waals surface area contributed by atoms with E-state index in [2.05, 4.69) is 5.32 Å². The molecule has 0 radical (unpaired) electrons. The maximum atomic E-state index is 12.5. The van der Waals surface area contributed by atoms with Crippen molar-refractivity contribution in [1.29, 1.82) is 0 Å². The molecule has 0 spiro atoms. The Hall–Kier alpha value is -1.59. The van der Waals surface area contributed by atoms with Crippen LogP contribution >= 0.6 is 12.4 Å². The summed E-state index contributed by atoms with van der Waals surface area (Å²) in [6.45, 7) is 0. The molecule has 6 heteroatoms. The molecule has 0 aliphatic carbocycles.